The molecule has 0 aromatic carbocycles. The van der Waals surface area contributed by atoms with E-state index in [0.29, 0.717) is 12.1 Å². The van der Waals surface area contributed by atoms with E-state index in [1.807, 2.05) is 0 Å². The van der Waals surface area contributed by atoms with Gasteiger partial charge in [-0.15, -0.1) is 24.8 Å². The molecule has 0 amide bonds. The molecule has 6 heteroatoms. The van der Waals surface area contributed by atoms with Gasteiger partial charge in [-0.2, -0.15) is 4.98 Å². The molecular formula is C11H19Cl2N3O. The minimum Gasteiger partial charge on any atom is -0.429 e. The van der Waals surface area contributed by atoms with E-state index in [4.69, 9.17) is 10.2 Å². The van der Waals surface area contributed by atoms with Crippen molar-refractivity contribution >= 4 is 30.8 Å². The first kappa shape index (κ1) is 14.6. The highest BCUT2D eigenvalue weighted by atomic mass is 35.5. The van der Waals surface area contributed by atoms with E-state index in [-0.39, 0.29) is 24.8 Å². The molecule has 1 aliphatic carbocycles. The zero-order valence-electron chi connectivity index (χ0n) is 9.89. The third kappa shape index (κ3) is 2.54. The maximum absolute atomic E-state index is 5.59. The average Bonchev–Trinajstić information content (AvgIpc) is 2.55. The summed E-state index contributed by atoms with van der Waals surface area (Å²) < 4.78 is 5.44. The summed E-state index contributed by atoms with van der Waals surface area (Å²) in [5.41, 5.74) is 6.69. The highest BCUT2D eigenvalue weighted by molar-refractivity contribution is 5.85. The van der Waals surface area contributed by atoms with Crippen molar-refractivity contribution in [1.29, 1.82) is 0 Å². The van der Waals surface area contributed by atoms with Crippen LogP contribution >= 0.6 is 24.8 Å². The summed E-state index contributed by atoms with van der Waals surface area (Å²) in [7, 11) is 2.21. The lowest BCUT2D eigenvalue weighted by atomic mass is 9.79. The number of piperidine rings is 1. The Morgan fingerprint density at radius 2 is 2.12 bits per heavy atom. The maximum Gasteiger partial charge on any atom is 0.292 e. The molecule has 1 fully saturated rings. The first-order chi connectivity index (χ1) is 7.24. The van der Waals surface area contributed by atoms with Gasteiger partial charge in [0.2, 0.25) is 0 Å². The third-order valence-corrected chi connectivity index (χ3v) is 3.84. The number of likely N-dealkylation sites (N-methyl/N-ethyl adjacent to an activating group) is 1. The van der Waals surface area contributed by atoms with Crippen LogP contribution < -0.4 is 5.73 Å². The van der Waals surface area contributed by atoms with Crippen molar-refractivity contribution in [2.75, 3.05) is 19.3 Å². The fraction of sp³-hybridized carbons (Fsp3) is 0.727. The number of hydrogen-bond donors (Lipinski definition) is 1. The highest BCUT2D eigenvalue weighted by Gasteiger charge is 2.36. The quantitative estimate of drug-likeness (QED) is 0.788. The van der Waals surface area contributed by atoms with Crippen molar-refractivity contribution in [3.8, 4) is 0 Å². The standard InChI is InChI=1S/C11H17N3O.2ClH/c1-14-4-2-3-7-5-8-10(6-9(7)14)15-11(12)13-8;;/h7,9H,2-6H2,1H3,(H2,12,13);2*1H/t7-,9-;;/m1../s1. The molecule has 2 atom stereocenters. The van der Waals surface area contributed by atoms with Crippen LogP contribution in [0, 0.1) is 5.92 Å². The number of likely N-dealkylation sites (tertiary alicyclic amines) is 1. The van der Waals surface area contributed by atoms with Crippen molar-refractivity contribution in [2.45, 2.75) is 31.7 Å². The SMILES string of the molecule is CN1CCC[C@@H]2Cc3nc(N)oc3C[C@H]21.Cl.Cl. The molecule has 1 aliphatic heterocycles. The Balaban J connectivity index is 0.000000722. The Morgan fingerprint density at radius 3 is 2.88 bits per heavy atom. The Morgan fingerprint density at radius 1 is 1.35 bits per heavy atom. The van der Waals surface area contributed by atoms with E-state index in [2.05, 4.69) is 16.9 Å². The minimum absolute atomic E-state index is 0. The summed E-state index contributed by atoms with van der Waals surface area (Å²) in [5.74, 6) is 1.77. The number of fused-ring (bicyclic) bond motifs is 2. The molecule has 2 heterocycles. The van der Waals surface area contributed by atoms with Crippen molar-refractivity contribution < 1.29 is 4.42 Å². The number of nitrogen functional groups attached to an aromatic ring is 1. The molecule has 0 bridgehead atoms. The lowest BCUT2D eigenvalue weighted by Gasteiger charge is -2.41. The van der Waals surface area contributed by atoms with Crippen molar-refractivity contribution in [2.24, 2.45) is 5.92 Å². The van der Waals surface area contributed by atoms with Gasteiger partial charge >= 0.3 is 0 Å². The number of nitrogens with two attached hydrogens (primary N) is 1. The van der Waals surface area contributed by atoms with Crippen LogP contribution in [0.5, 0.6) is 0 Å². The largest absolute Gasteiger partial charge is 0.429 e. The van der Waals surface area contributed by atoms with Crippen LogP contribution in [0.25, 0.3) is 0 Å². The van der Waals surface area contributed by atoms with Gasteiger partial charge < -0.3 is 15.1 Å². The Labute approximate surface area is 114 Å². The maximum atomic E-state index is 5.59. The number of halogens is 2. The van der Waals surface area contributed by atoms with E-state index in [1.165, 1.54) is 19.4 Å². The number of nitrogens with zero attached hydrogens (tertiary/aromatic N) is 2. The van der Waals surface area contributed by atoms with Crippen LogP contribution in [0.3, 0.4) is 0 Å². The molecule has 17 heavy (non-hydrogen) atoms. The Hall–Kier alpha value is -0.450. The number of oxazole rings is 1. The number of hydrogen-bond acceptors (Lipinski definition) is 4. The van der Waals surface area contributed by atoms with Gasteiger partial charge in [0.15, 0.2) is 0 Å². The van der Waals surface area contributed by atoms with Crippen molar-refractivity contribution in [1.82, 2.24) is 9.88 Å². The van der Waals surface area contributed by atoms with E-state index < -0.39 is 0 Å². The van der Waals surface area contributed by atoms with Crippen molar-refractivity contribution in [3.63, 3.8) is 0 Å². The van der Waals surface area contributed by atoms with Gasteiger partial charge in [0.05, 0.1) is 5.69 Å². The van der Waals surface area contributed by atoms with Crippen LogP contribution in [0.15, 0.2) is 4.42 Å². The number of aromatic nitrogens is 1. The second-order valence-corrected chi connectivity index (χ2v) is 4.78. The summed E-state index contributed by atoms with van der Waals surface area (Å²) in [6, 6.07) is 0.972. The summed E-state index contributed by atoms with van der Waals surface area (Å²) in [4.78, 5) is 6.71. The lowest BCUT2D eigenvalue weighted by molar-refractivity contribution is 0.106. The number of rotatable bonds is 0. The molecule has 3 rings (SSSR count). The zero-order chi connectivity index (χ0) is 10.4. The number of anilines is 1. The summed E-state index contributed by atoms with van der Waals surface area (Å²) in [6.07, 6.45) is 4.66. The molecule has 1 aromatic heterocycles. The van der Waals surface area contributed by atoms with Crippen LogP contribution in [0.2, 0.25) is 0 Å². The lowest BCUT2D eigenvalue weighted by Crippen LogP contribution is -2.46. The van der Waals surface area contributed by atoms with E-state index >= 15 is 0 Å². The summed E-state index contributed by atoms with van der Waals surface area (Å²) in [6.45, 7) is 1.21. The normalized spacial score (nSPS) is 27.4. The molecule has 2 aliphatic rings. The summed E-state index contributed by atoms with van der Waals surface area (Å²) in [5, 5.41) is 0. The Bertz CT molecular complexity index is 383. The van der Waals surface area contributed by atoms with Gasteiger partial charge in [0.1, 0.15) is 5.76 Å². The minimum atomic E-state index is 0. The van der Waals surface area contributed by atoms with E-state index in [0.717, 1.165) is 30.2 Å². The van der Waals surface area contributed by atoms with Gasteiger partial charge in [0.25, 0.3) is 6.01 Å². The molecule has 2 N–H and O–H groups in total. The van der Waals surface area contributed by atoms with Gasteiger partial charge in [-0.25, -0.2) is 0 Å². The van der Waals surface area contributed by atoms with E-state index in [9.17, 15) is 0 Å². The second kappa shape index (κ2) is 5.46. The first-order valence-corrected chi connectivity index (χ1v) is 5.68. The van der Waals surface area contributed by atoms with Crippen molar-refractivity contribution in [3.05, 3.63) is 11.5 Å². The monoisotopic (exact) mass is 279 g/mol. The molecule has 0 radical (unpaired) electrons. The highest BCUT2D eigenvalue weighted by Crippen LogP contribution is 2.34. The molecule has 0 saturated carbocycles. The predicted molar refractivity (Wildman–Crippen MR) is 72.0 cm³/mol. The zero-order valence-corrected chi connectivity index (χ0v) is 11.5. The van der Waals surface area contributed by atoms with Crippen LogP contribution in [-0.4, -0.2) is 29.5 Å². The Kier molecular flexibility index (Phi) is 4.69. The van der Waals surface area contributed by atoms with Gasteiger partial charge in [0, 0.05) is 12.5 Å². The van der Waals surface area contributed by atoms with Crippen LogP contribution in [-0.2, 0) is 12.8 Å². The average molecular weight is 280 g/mol. The van der Waals surface area contributed by atoms with Gasteiger partial charge in [-0.1, -0.05) is 0 Å². The molecular weight excluding hydrogens is 261 g/mol. The smallest absolute Gasteiger partial charge is 0.292 e. The molecule has 98 valence electrons. The molecule has 1 saturated heterocycles. The molecule has 4 nitrogen and oxygen atoms in total. The second-order valence-electron chi connectivity index (χ2n) is 4.78. The van der Waals surface area contributed by atoms with Crippen LogP contribution in [0.4, 0.5) is 6.01 Å². The van der Waals surface area contributed by atoms with E-state index in [1.54, 1.807) is 0 Å². The topological polar surface area (TPSA) is 55.3 Å². The fourth-order valence-corrected chi connectivity index (χ4v) is 3.04. The van der Waals surface area contributed by atoms with Gasteiger partial charge in [-0.3, -0.25) is 0 Å². The predicted octanol–water partition coefficient (Wildman–Crippen LogP) is 1.91. The van der Waals surface area contributed by atoms with Gasteiger partial charge in [-0.05, 0) is 38.8 Å². The molecule has 0 spiro atoms. The molecule has 1 aromatic rings. The fourth-order valence-electron chi connectivity index (χ4n) is 3.04. The first-order valence-electron chi connectivity index (χ1n) is 5.68. The summed E-state index contributed by atoms with van der Waals surface area (Å²) >= 11 is 0. The van der Waals surface area contributed by atoms with Crippen LogP contribution in [0.1, 0.15) is 24.3 Å². The third-order valence-electron chi connectivity index (χ3n) is 3.84. The molecule has 0 unspecified atom stereocenters.